The van der Waals surface area contributed by atoms with Crippen LogP contribution >= 0.6 is 23.4 Å². The Morgan fingerprint density at radius 1 is 1.07 bits per heavy atom. The lowest BCUT2D eigenvalue weighted by Crippen LogP contribution is -2.50. The quantitative estimate of drug-likeness (QED) is 0.597. The molecular weight excluding hydrogens is 392 g/mol. The Morgan fingerprint density at radius 2 is 1.71 bits per heavy atom. The number of rotatable bonds is 9. The largest absolute Gasteiger partial charge is 0.352 e. The van der Waals surface area contributed by atoms with Crippen LogP contribution in [0.5, 0.6) is 0 Å². The van der Waals surface area contributed by atoms with Gasteiger partial charge in [-0.05, 0) is 50.1 Å². The predicted molar refractivity (Wildman–Crippen MR) is 117 cm³/mol. The first-order valence-corrected chi connectivity index (χ1v) is 10.8. The fourth-order valence-electron chi connectivity index (χ4n) is 2.84. The summed E-state index contributed by atoms with van der Waals surface area (Å²) < 4.78 is 0. The number of nitrogens with zero attached hydrogens (tertiary/aromatic N) is 1. The Bertz CT molecular complexity index is 766. The van der Waals surface area contributed by atoms with E-state index in [9.17, 15) is 9.59 Å². The molecule has 0 aliphatic rings. The molecule has 0 aromatic heterocycles. The first-order valence-electron chi connectivity index (χ1n) is 9.42. The van der Waals surface area contributed by atoms with Crippen molar-refractivity contribution in [2.45, 2.75) is 50.7 Å². The van der Waals surface area contributed by atoms with Crippen LogP contribution in [0, 0.1) is 0 Å². The molecule has 2 aromatic carbocycles. The Balaban J connectivity index is 2.16. The monoisotopic (exact) mass is 418 g/mol. The molecule has 0 spiro atoms. The van der Waals surface area contributed by atoms with E-state index in [1.54, 1.807) is 17.0 Å². The molecule has 6 heteroatoms. The smallest absolute Gasteiger partial charge is 0.243 e. The highest BCUT2D eigenvalue weighted by atomic mass is 35.5. The van der Waals surface area contributed by atoms with E-state index in [4.69, 9.17) is 11.6 Å². The summed E-state index contributed by atoms with van der Waals surface area (Å²) in [6, 6.07) is 16.7. The summed E-state index contributed by atoms with van der Waals surface area (Å²) in [6.45, 7) is 6.18. The molecule has 0 radical (unpaired) electrons. The van der Waals surface area contributed by atoms with E-state index in [1.807, 2.05) is 63.2 Å². The fourth-order valence-corrected chi connectivity index (χ4v) is 3.75. The molecule has 2 amide bonds. The maximum atomic E-state index is 13.1. The highest BCUT2D eigenvalue weighted by Gasteiger charge is 2.28. The molecule has 0 unspecified atom stereocenters. The zero-order chi connectivity index (χ0) is 20.5. The van der Waals surface area contributed by atoms with Gasteiger partial charge < -0.3 is 10.2 Å². The van der Waals surface area contributed by atoms with Crippen molar-refractivity contribution in [3.05, 3.63) is 65.2 Å². The van der Waals surface area contributed by atoms with E-state index in [0.717, 1.165) is 10.5 Å². The van der Waals surface area contributed by atoms with Crippen molar-refractivity contribution in [1.82, 2.24) is 10.2 Å². The van der Waals surface area contributed by atoms with Crippen LogP contribution in [0.2, 0.25) is 5.02 Å². The van der Waals surface area contributed by atoms with E-state index in [1.165, 1.54) is 11.8 Å². The number of nitrogens with one attached hydrogen (secondary N) is 1. The van der Waals surface area contributed by atoms with Gasteiger partial charge in [0.05, 0.1) is 5.75 Å². The summed E-state index contributed by atoms with van der Waals surface area (Å²) in [5.41, 5.74) is 1.00. The van der Waals surface area contributed by atoms with E-state index in [-0.39, 0.29) is 23.6 Å². The molecule has 0 saturated carbocycles. The molecular formula is C22H27ClN2O2S. The van der Waals surface area contributed by atoms with Crippen LogP contribution in [-0.4, -0.2) is 34.6 Å². The number of thioether (sulfide) groups is 1. The van der Waals surface area contributed by atoms with Crippen molar-refractivity contribution in [2.75, 3.05) is 5.75 Å². The van der Waals surface area contributed by atoms with Gasteiger partial charge in [0.25, 0.3) is 0 Å². The molecule has 150 valence electrons. The molecule has 28 heavy (non-hydrogen) atoms. The van der Waals surface area contributed by atoms with Crippen LogP contribution in [0.4, 0.5) is 0 Å². The lowest BCUT2D eigenvalue weighted by molar-refractivity contribution is -0.139. The molecule has 0 heterocycles. The van der Waals surface area contributed by atoms with E-state index in [2.05, 4.69) is 5.32 Å². The second-order valence-electron chi connectivity index (χ2n) is 6.84. The average Bonchev–Trinajstić information content (AvgIpc) is 2.67. The van der Waals surface area contributed by atoms with Crippen molar-refractivity contribution in [1.29, 1.82) is 0 Å². The fraction of sp³-hybridized carbons (Fsp3) is 0.364. The Labute approximate surface area is 176 Å². The third-order valence-corrected chi connectivity index (χ3v) is 5.44. The van der Waals surface area contributed by atoms with Gasteiger partial charge in [-0.3, -0.25) is 9.59 Å². The number of halogens is 1. The normalized spacial score (nSPS) is 11.9. The summed E-state index contributed by atoms with van der Waals surface area (Å²) in [6.07, 6.45) is 0.558. The van der Waals surface area contributed by atoms with Crippen LogP contribution in [0.1, 0.15) is 32.8 Å². The van der Waals surface area contributed by atoms with Crippen LogP contribution < -0.4 is 5.32 Å². The second kappa shape index (κ2) is 11.1. The lowest BCUT2D eigenvalue weighted by Gasteiger charge is -2.31. The van der Waals surface area contributed by atoms with E-state index >= 15 is 0 Å². The predicted octanol–water partition coefficient (Wildman–Crippen LogP) is 4.76. The van der Waals surface area contributed by atoms with Crippen molar-refractivity contribution < 1.29 is 9.59 Å². The second-order valence-corrected chi connectivity index (χ2v) is 8.32. The summed E-state index contributed by atoms with van der Waals surface area (Å²) in [7, 11) is 0. The number of carbonyl (C=O) groups is 2. The Kier molecular flexibility index (Phi) is 8.87. The van der Waals surface area contributed by atoms with Gasteiger partial charge in [0, 0.05) is 22.5 Å². The van der Waals surface area contributed by atoms with Crippen LogP contribution in [-0.2, 0) is 16.1 Å². The molecule has 0 saturated heterocycles. The SMILES string of the molecule is CC[C@H](C(=O)NC(C)C)N(Cc1ccccc1)C(=O)CSc1ccc(Cl)cc1. The maximum absolute atomic E-state index is 13.1. The van der Waals surface area contributed by atoms with Gasteiger partial charge >= 0.3 is 0 Å². The molecule has 0 bridgehead atoms. The first-order chi connectivity index (χ1) is 13.4. The molecule has 1 atom stereocenters. The number of carbonyl (C=O) groups excluding carboxylic acids is 2. The van der Waals surface area contributed by atoms with Gasteiger partial charge in [-0.2, -0.15) is 0 Å². The molecule has 4 nitrogen and oxygen atoms in total. The minimum Gasteiger partial charge on any atom is -0.352 e. The zero-order valence-corrected chi connectivity index (χ0v) is 18.1. The summed E-state index contributed by atoms with van der Waals surface area (Å²) in [5, 5.41) is 3.61. The van der Waals surface area contributed by atoms with Crippen LogP contribution in [0.3, 0.4) is 0 Å². The Hall–Kier alpha value is -1.98. The van der Waals surface area contributed by atoms with Gasteiger partial charge in [0.1, 0.15) is 6.04 Å². The van der Waals surface area contributed by atoms with E-state index < -0.39 is 6.04 Å². The van der Waals surface area contributed by atoms with Gasteiger partial charge in [-0.25, -0.2) is 0 Å². The highest BCUT2D eigenvalue weighted by Crippen LogP contribution is 2.22. The van der Waals surface area contributed by atoms with Gasteiger partial charge in [-0.15, -0.1) is 11.8 Å². The third kappa shape index (κ3) is 6.88. The lowest BCUT2D eigenvalue weighted by atomic mass is 10.1. The standard InChI is InChI=1S/C22H27ClN2O2S/c1-4-20(22(27)24-16(2)3)25(14-17-8-6-5-7-9-17)21(26)15-28-19-12-10-18(23)11-13-19/h5-13,16,20H,4,14-15H2,1-3H3,(H,24,27)/t20-/m1/s1. The minimum absolute atomic E-state index is 0.0265. The number of hydrogen-bond donors (Lipinski definition) is 1. The van der Waals surface area contributed by atoms with E-state index in [0.29, 0.717) is 18.0 Å². The van der Waals surface area contributed by atoms with Crippen molar-refractivity contribution >= 4 is 35.2 Å². The molecule has 2 rings (SSSR count). The molecule has 1 N–H and O–H groups in total. The average molecular weight is 419 g/mol. The summed E-state index contributed by atoms with van der Waals surface area (Å²) >= 11 is 7.37. The topological polar surface area (TPSA) is 49.4 Å². The maximum Gasteiger partial charge on any atom is 0.243 e. The first kappa shape index (κ1) is 22.3. The van der Waals surface area contributed by atoms with Gasteiger partial charge in [0.15, 0.2) is 0 Å². The number of amides is 2. The number of benzene rings is 2. The third-order valence-electron chi connectivity index (χ3n) is 4.19. The van der Waals surface area contributed by atoms with Crippen LogP contribution in [0.25, 0.3) is 0 Å². The van der Waals surface area contributed by atoms with Crippen molar-refractivity contribution in [3.63, 3.8) is 0 Å². The Morgan fingerprint density at radius 3 is 2.29 bits per heavy atom. The summed E-state index contributed by atoms with van der Waals surface area (Å²) in [5.74, 6) is 0.0905. The van der Waals surface area contributed by atoms with Crippen LogP contribution in [0.15, 0.2) is 59.5 Å². The minimum atomic E-state index is -0.499. The number of hydrogen-bond acceptors (Lipinski definition) is 3. The summed E-state index contributed by atoms with van der Waals surface area (Å²) in [4.78, 5) is 28.4. The van der Waals surface area contributed by atoms with Crippen molar-refractivity contribution in [2.24, 2.45) is 0 Å². The van der Waals surface area contributed by atoms with Crippen molar-refractivity contribution in [3.8, 4) is 0 Å². The van der Waals surface area contributed by atoms with Gasteiger partial charge in [0.2, 0.25) is 11.8 Å². The zero-order valence-electron chi connectivity index (χ0n) is 16.5. The van der Waals surface area contributed by atoms with Gasteiger partial charge in [-0.1, -0.05) is 48.9 Å². The molecule has 0 aliphatic carbocycles. The highest BCUT2D eigenvalue weighted by molar-refractivity contribution is 8.00. The molecule has 0 aliphatic heterocycles. The molecule has 0 fully saturated rings. The molecule has 2 aromatic rings.